The van der Waals surface area contributed by atoms with Crippen molar-refractivity contribution in [2.24, 2.45) is 0 Å². The van der Waals surface area contributed by atoms with Crippen LogP contribution in [0.4, 0.5) is 10.1 Å². The van der Waals surface area contributed by atoms with Gasteiger partial charge in [-0.2, -0.15) is 5.26 Å². The summed E-state index contributed by atoms with van der Waals surface area (Å²) in [6, 6.07) is 17.6. The zero-order valence-corrected chi connectivity index (χ0v) is 20.2. The summed E-state index contributed by atoms with van der Waals surface area (Å²) < 4.78 is 20.6. The summed E-state index contributed by atoms with van der Waals surface area (Å²) in [7, 11) is 0. The molecule has 3 rings (SSSR count). The van der Waals surface area contributed by atoms with Crippen molar-refractivity contribution in [1.29, 1.82) is 5.26 Å². The highest BCUT2D eigenvalue weighted by Crippen LogP contribution is 2.30. The number of ether oxygens (including phenoxy) is 1. The van der Waals surface area contributed by atoms with Crippen LogP contribution in [0.5, 0.6) is 11.5 Å². The second-order valence-electron chi connectivity index (χ2n) is 6.40. The number of phenols is 1. The number of nitriles is 1. The first-order valence-corrected chi connectivity index (χ1v) is 11.1. The van der Waals surface area contributed by atoms with Gasteiger partial charge < -0.3 is 15.2 Å². The van der Waals surface area contributed by atoms with Crippen LogP contribution >= 0.6 is 45.2 Å². The Morgan fingerprint density at radius 2 is 1.71 bits per heavy atom. The van der Waals surface area contributed by atoms with Crippen LogP contribution in [0.15, 0.2) is 66.2 Å². The van der Waals surface area contributed by atoms with Crippen molar-refractivity contribution in [3.8, 4) is 17.6 Å². The predicted octanol–water partition coefficient (Wildman–Crippen LogP) is 5.87. The van der Waals surface area contributed by atoms with Crippen LogP contribution in [0, 0.1) is 24.3 Å². The highest BCUT2D eigenvalue weighted by molar-refractivity contribution is 14.1. The number of benzene rings is 3. The van der Waals surface area contributed by atoms with Crippen LogP contribution in [0.2, 0.25) is 0 Å². The van der Waals surface area contributed by atoms with Crippen molar-refractivity contribution >= 4 is 62.9 Å². The van der Waals surface area contributed by atoms with Gasteiger partial charge in [-0.15, -0.1) is 0 Å². The van der Waals surface area contributed by atoms with Crippen molar-refractivity contribution in [2.45, 2.75) is 6.61 Å². The van der Waals surface area contributed by atoms with Gasteiger partial charge in [0.15, 0.2) is 0 Å². The highest BCUT2D eigenvalue weighted by atomic mass is 127. The molecule has 0 saturated heterocycles. The number of rotatable bonds is 6. The lowest BCUT2D eigenvalue weighted by molar-refractivity contribution is -0.112. The second-order valence-corrected chi connectivity index (χ2v) is 8.72. The molecule has 0 saturated carbocycles. The van der Waals surface area contributed by atoms with Crippen LogP contribution in [0.25, 0.3) is 6.08 Å². The van der Waals surface area contributed by atoms with Crippen molar-refractivity contribution < 1.29 is 19.0 Å². The lowest BCUT2D eigenvalue weighted by atomic mass is 10.1. The predicted molar refractivity (Wildman–Crippen MR) is 133 cm³/mol. The van der Waals surface area contributed by atoms with Gasteiger partial charge in [-0.05, 0) is 111 Å². The summed E-state index contributed by atoms with van der Waals surface area (Å²) in [5.41, 5.74) is 1.94. The summed E-state index contributed by atoms with van der Waals surface area (Å²) >= 11 is 4.26. The van der Waals surface area contributed by atoms with Crippen LogP contribution in [-0.4, -0.2) is 11.0 Å². The molecular weight excluding hydrogens is 625 g/mol. The van der Waals surface area contributed by atoms with Gasteiger partial charge in [0, 0.05) is 5.69 Å². The molecule has 0 fully saturated rings. The van der Waals surface area contributed by atoms with Gasteiger partial charge in [0.1, 0.15) is 35.6 Å². The van der Waals surface area contributed by atoms with E-state index < -0.39 is 5.91 Å². The van der Waals surface area contributed by atoms with Crippen LogP contribution in [-0.2, 0) is 11.4 Å². The molecule has 0 spiro atoms. The molecule has 1 amide bonds. The average Bonchev–Trinajstić information content (AvgIpc) is 2.74. The van der Waals surface area contributed by atoms with E-state index in [0.29, 0.717) is 23.6 Å². The lowest BCUT2D eigenvalue weighted by Gasteiger charge is -2.12. The quantitative estimate of drug-likeness (QED) is 0.153. The largest absolute Gasteiger partial charge is 0.508 e. The first kappa shape index (κ1) is 23.0. The zero-order chi connectivity index (χ0) is 22.4. The van der Waals surface area contributed by atoms with Gasteiger partial charge in [-0.25, -0.2) is 4.39 Å². The number of hydrogen-bond acceptors (Lipinski definition) is 4. The number of anilines is 1. The molecule has 0 aliphatic carbocycles. The molecule has 0 aliphatic heterocycles. The first-order chi connectivity index (χ1) is 14.9. The van der Waals surface area contributed by atoms with E-state index in [0.717, 1.165) is 12.7 Å². The minimum atomic E-state index is -0.546. The van der Waals surface area contributed by atoms with Gasteiger partial charge >= 0.3 is 0 Å². The normalized spacial score (nSPS) is 11.0. The van der Waals surface area contributed by atoms with Gasteiger partial charge in [-0.1, -0.05) is 12.1 Å². The van der Waals surface area contributed by atoms with Crippen LogP contribution in [0.1, 0.15) is 11.1 Å². The third-order valence-electron chi connectivity index (χ3n) is 4.12. The van der Waals surface area contributed by atoms with E-state index in [4.69, 9.17) is 4.74 Å². The molecule has 0 heterocycles. The number of carbonyl (C=O) groups excluding carboxylic acids is 1. The minimum Gasteiger partial charge on any atom is -0.508 e. The molecule has 156 valence electrons. The Balaban J connectivity index is 1.76. The number of halogens is 3. The number of carbonyl (C=O) groups is 1. The summed E-state index contributed by atoms with van der Waals surface area (Å²) in [5.74, 6) is -0.0868. The molecule has 8 heteroatoms. The van der Waals surface area contributed by atoms with E-state index >= 15 is 0 Å². The molecule has 0 atom stereocenters. The standard InChI is InChI=1S/C23H15FI2N2O3/c24-17-3-1-14(2-4-17)13-31-22-20(25)10-15(11-21(22)26)9-16(12-27)23(30)28-18-5-7-19(29)8-6-18/h1-11,29H,13H2,(H,28,30)/b16-9+. The van der Waals surface area contributed by atoms with Gasteiger partial charge in [0.2, 0.25) is 0 Å². The molecule has 0 aliphatic rings. The summed E-state index contributed by atoms with van der Waals surface area (Å²) in [6.07, 6.45) is 1.50. The number of aromatic hydroxyl groups is 1. The minimum absolute atomic E-state index is 0.0559. The van der Waals surface area contributed by atoms with E-state index in [1.165, 1.54) is 30.3 Å². The molecule has 0 aromatic heterocycles. The molecular formula is C23H15FI2N2O3. The summed E-state index contributed by atoms with van der Waals surface area (Å²) in [4.78, 5) is 12.4. The third kappa shape index (κ3) is 6.41. The van der Waals surface area contributed by atoms with Crippen molar-refractivity contribution in [3.05, 3.63) is 90.3 Å². The molecule has 0 radical (unpaired) electrons. The maximum Gasteiger partial charge on any atom is 0.266 e. The zero-order valence-electron chi connectivity index (χ0n) is 15.9. The summed E-state index contributed by atoms with van der Waals surface area (Å²) in [6.45, 7) is 0.292. The van der Waals surface area contributed by atoms with Gasteiger partial charge in [0.05, 0.1) is 7.14 Å². The third-order valence-corrected chi connectivity index (χ3v) is 5.72. The van der Waals surface area contributed by atoms with Crippen molar-refractivity contribution in [2.75, 3.05) is 5.32 Å². The van der Waals surface area contributed by atoms with Crippen LogP contribution in [0.3, 0.4) is 0 Å². The van der Waals surface area contributed by atoms with E-state index in [-0.39, 0.29) is 17.1 Å². The van der Waals surface area contributed by atoms with E-state index in [9.17, 15) is 19.6 Å². The number of nitrogens with zero attached hydrogens (tertiary/aromatic N) is 1. The molecule has 5 nitrogen and oxygen atoms in total. The number of amides is 1. The fraction of sp³-hybridized carbons (Fsp3) is 0.0435. The van der Waals surface area contributed by atoms with Gasteiger partial charge in [-0.3, -0.25) is 4.79 Å². The molecule has 0 unspecified atom stereocenters. The van der Waals surface area contributed by atoms with Gasteiger partial charge in [0.25, 0.3) is 5.91 Å². The summed E-state index contributed by atoms with van der Waals surface area (Å²) in [5, 5.41) is 21.4. The Morgan fingerprint density at radius 3 is 2.29 bits per heavy atom. The number of hydrogen-bond donors (Lipinski definition) is 2. The maximum atomic E-state index is 13.0. The molecule has 3 aromatic rings. The molecule has 3 aromatic carbocycles. The first-order valence-electron chi connectivity index (χ1n) is 8.94. The van der Waals surface area contributed by atoms with E-state index in [1.54, 1.807) is 24.3 Å². The Hall–Kier alpha value is -2.65. The van der Waals surface area contributed by atoms with Crippen LogP contribution < -0.4 is 10.1 Å². The average molecular weight is 640 g/mol. The monoisotopic (exact) mass is 640 g/mol. The van der Waals surface area contributed by atoms with Crippen molar-refractivity contribution in [3.63, 3.8) is 0 Å². The number of nitrogens with one attached hydrogen (secondary N) is 1. The Bertz CT molecular complexity index is 1150. The molecule has 2 N–H and O–H groups in total. The SMILES string of the molecule is N#C/C(=C\c1cc(I)c(OCc2ccc(F)cc2)c(I)c1)C(=O)Nc1ccc(O)cc1. The molecule has 31 heavy (non-hydrogen) atoms. The van der Waals surface area contributed by atoms with E-state index in [2.05, 4.69) is 50.5 Å². The molecule has 0 bridgehead atoms. The smallest absolute Gasteiger partial charge is 0.266 e. The highest BCUT2D eigenvalue weighted by Gasteiger charge is 2.13. The lowest BCUT2D eigenvalue weighted by Crippen LogP contribution is -2.13. The Labute approximate surface area is 205 Å². The Morgan fingerprint density at radius 1 is 1.10 bits per heavy atom. The fourth-order valence-electron chi connectivity index (χ4n) is 2.60. The second kappa shape index (κ2) is 10.6. The fourth-order valence-corrected chi connectivity index (χ4v) is 4.72. The van der Waals surface area contributed by atoms with Crippen molar-refractivity contribution in [1.82, 2.24) is 0 Å². The van der Waals surface area contributed by atoms with E-state index in [1.807, 2.05) is 18.2 Å². The topological polar surface area (TPSA) is 82.3 Å². The maximum absolute atomic E-state index is 13.0. The number of phenolic OH excluding ortho intramolecular Hbond substituents is 1. The Kier molecular flexibility index (Phi) is 7.86.